The van der Waals surface area contributed by atoms with Gasteiger partial charge in [0.15, 0.2) is 5.88 Å². The molecule has 2 nitrogen and oxygen atoms in total. The highest BCUT2D eigenvalue weighted by atomic mass is 16.5. The predicted octanol–water partition coefficient (Wildman–Crippen LogP) is 3.77. The van der Waals surface area contributed by atoms with Crippen molar-refractivity contribution < 1.29 is 6.16 Å². The number of H-pyrrole nitrogens is 1. The Morgan fingerprint density at radius 2 is 2.07 bits per heavy atom. The fourth-order valence-corrected chi connectivity index (χ4v) is 1.97. The van der Waals surface area contributed by atoms with Gasteiger partial charge in [-0.15, -0.1) is 0 Å². The molecule has 0 radical (unpaired) electrons. The van der Waals surface area contributed by atoms with Crippen LogP contribution in [0, 0.1) is 0 Å². The molecule has 0 aliphatic carbocycles. The molecule has 15 heavy (non-hydrogen) atoms. The van der Waals surface area contributed by atoms with Gasteiger partial charge < -0.3 is 9.72 Å². The van der Waals surface area contributed by atoms with Gasteiger partial charge in [0.1, 0.15) is 0 Å². The molecule has 1 N–H and O–H groups in total. The molecule has 2 aromatic rings. The quantitative estimate of drug-likeness (QED) is 0.696. The van der Waals surface area contributed by atoms with Crippen LogP contribution in [0.4, 0.5) is 0 Å². The van der Waals surface area contributed by atoms with Crippen LogP contribution in [-0.4, -0.2) is 11.6 Å². The molecule has 0 unspecified atom stereocenters. The average Bonchev–Trinajstić information content (AvgIpc) is 2.70. The van der Waals surface area contributed by atoms with Gasteiger partial charge in [0.25, 0.3) is 0 Å². The van der Waals surface area contributed by atoms with Crippen molar-refractivity contribution in [1.82, 2.24) is 4.98 Å². The summed E-state index contributed by atoms with van der Waals surface area (Å²) in [6, 6.07) is 8.37. The molecule has 1 aromatic heterocycles. The Labute approximate surface area is 91.7 Å². The van der Waals surface area contributed by atoms with E-state index in [2.05, 4.69) is 23.2 Å². The van der Waals surface area contributed by atoms with Crippen LogP contribution < -0.4 is 4.74 Å². The van der Waals surface area contributed by atoms with Gasteiger partial charge in [0.2, 0.25) is 0 Å². The van der Waals surface area contributed by atoms with Crippen LogP contribution in [0.15, 0.2) is 24.3 Å². The topological polar surface area (TPSA) is 25.0 Å². The van der Waals surface area contributed by atoms with Crippen LogP contribution in [0.25, 0.3) is 10.9 Å². The summed E-state index contributed by atoms with van der Waals surface area (Å²) in [7, 11) is 0. The van der Waals surface area contributed by atoms with Crippen molar-refractivity contribution in [3.05, 3.63) is 29.8 Å². The van der Waals surface area contributed by atoms with E-state index in [0.717, 1.165) is 25.3 Å². The number of para-hydroxylation sites is 1. The van der Waals surface area contributed by atoms with E-state index < -0.39 is 0 Å². The van der Waals surface area contributed by atoms with Gasteiger partial charge in [-0.25, -0.2) is 0 Å². The molecule has 82 valence electrons. The molecule has 2 heteroatoms. The largest absolute Gasteiger partial charge is 0.479 e. The van der Waals surface area contributed by atoms with E-state index in [1.54, 1.807) is 0 Å². The van der Waals surface area contributed by atoms with Gasteiger partial charge in [-0.2, -0.15) is 0 Å². The van der Waals surface area contributed by atoms with Crippen LogP contribution in [0.2, 0.25) is 0 Å². The first-order valence-electron chi connectivity index (χ1n) is 5.67. The summed E-state index contributed by atoms with van der Waals surface area (Å²) in [6.45, 7) is 4.85. The van der Waals surface area contributed by atoms with Crippen molar-refractivity contribution in [2.75, 3.05) is 6.61 Å². The molecule has 0 spiro atoms. The molecule has 0 fully saturated rings. The fourth-order valence-electron chi connectivity index (χ4n) is 1.97. The summed E-state index contributed by atoms with van der Waals surface area (Å²) >= 11 is 0. The van der Waals surface area contributed by atoms with Crippen molar-refractivity contribution in [3.8, 4) is 5.88 Å². The summed E-state index contributed by atoms with van der Waals surface area (Å²) in [5.74, 6) is 0.979. The molecule has 0 atom stereocenters. The number of rotatable bonds is 0. The first kappa shape index (κ1) is 10.1. The third-order valence-corrected chi connectivity index (χ3v) is 2.59. The Hall–Kier alpha value is -1.44. The summed E-state index contributed by atoms with van der Waals surface area (Å²) in [4.78, 5) is 3.29. The number of hydrogen-bond donors (Lipinski definition) is 1. The summed E-state index contributed by atoms with van der Waals surface area (Å²) in [5.41, 5.74) is 2.54. The van der Waals surface area contributed by atoms with Gasteiger partial charge in [-0.3, -0.25) is 0 Å². The minimum absolute atomic E-state index is 0. The first-order chi connectivity index (χ1) is 7.45. The molecule has 1 aromatic carbocycles. The van der Waals surface area contributed by atoms with Crippen molar-refractivity contribution in [3.63, 3.8) is 0 Å². The van der Waals surface area contributed by atoms with Gasteiger partial charge >= 0.3 is 0 Å². The monoisotopic (exact) mass is 205 g/mol. The van der Waals surface area contributed by atoms with Gasteiger partial charge in [0.05, 0.1) is 6.61 Å². The van der Waals surface area contributed by atoms with E-state index in [0.29, 0.717) is 0 Å². The zero-order valence-corrected chi connectivity index (χ0v) is 9.34. The first-order valence-corrected chi connectivity index (χ1v) is 5.67. The Bertz CT molecular complexity index is 450. The van der Waals surface area contributed by atoms with Crippen molar-refractivity contribution >= 4 is 10.9 Å². The number of hydrogen-bond acceptors (Lipinski definition) is 1. The molecule has 0 bridgehead atoms. The minimum Gasteiger partial charge on any atom is -0.479 e. The third-order valence-electron chi connectivity index (χ3n) is 2.59. The number of aryl methyl sites for hydroxylation is 1. The molecule has 0 amide bonds. The van der Waals surface area contributed by atoms with Crippen LogP contribution in [0.3, 0.4) is 0 Å². The lowest BCUT2D eigenvalue weighted by molar-refractivity contribution is 0.280. The Kier molecular flexibility index (Phi) is 2.95. The van der Waals surface area contributed by atoms with Crippen molar-refractivity contribution in [1.29, 1.82) is 0 Å². The summed E-state index contributed by atoms with van der Waals surface area (Å²) < 4.78 is 5.55. The molecule has 3 rings (SSSR count). The molecule has 0 saturated heterocycles. The van der Waals surface area contributed by atoms with E-state index in [9.17, 15) is 0 Å². The Morgan fingerprint density at radius 1 is 1.27 bits per heavy atom. The highest BCUT2D eigenvalue weighted by Gasteiger charge is 2.15. The normalized spacial score (nSPS) is 13.7. The van der Waals surface area contributed by atoms with E-state index in [1.165, 1.54) is 16.5 Å². The highest BCUT2D eigenvalue weighted by Crippen LogP contribution is 2.31. The van der Waals surface area contributed by atoms with E-state index >= 15 is 0 Å². The van der Waals surface area contributed by atoms with Crippen LogP contribution in [0.1, 0.15) is 27.3 Å². The van der Waals surface area contributed by atoms with Gasteiger partial charge in [0, 0.05) is 17.9 Å². The number of fused-ring (bicyclic) bond motifs is 3. The van der Waals surface area contributed by atoms with Crippen LogP contribution >= 0.6 is 0 Å². The second kappa shape index (κ2) is 4.39. The molecular formula is C13H19NO. The SMILES string of the molecule is CC.[HH].c1ccc2c3c([nH]c2c1)OCCC3. The van der Waals surface area contributed by atoms with E-state index in [1.807, 2.05) is 19.9 Å². The van der Waals surface area contributed by atoms with E-state index in [-0.39, 0.29) is 1.43 Å². The van der Waals surface area contributed by atoms with Crippen LogP contribution in [0.5, 0.6) is 5.88 Å². The van der Waals surface area contributed by atoms with Gasteiger partial charge in [-0.1, -0.05) is 32.0 Å². The van der Waals surface area contributed by atoms with Gasteiger partial charge in [-0.05, 0) is 18.9 Å². The Morgan fingerprint density at radius 3 is 2.93 bits per heavy atom. The average molecular weight is 205 g/mol. The molecular weight excluding hydrogens is 186 g/mol. The number of ether oxygens (including phenoxy) is 1. The third kappa shape index (κ3) is 1.72. The maximum atomic E-state index is 5.55. The number of aromatic amines is 1. The number of nitrogens with one attached hydrogen (secondary N) is 1. The maximum absolute atomic E-state index is 5.55. The molecule has 1 aliphatic heterocycles. The second-order valence-corrected chi connectivity index (χ2v) is 3.43. The maximum Gasteiger partial charge on any atom is 0.195 e. The molecule has 0 saturated carbocycles. The molecule has 2 heterocycles. The summed E-state index contributed by atoms with van der Waals surface area (Å²) in [6.07, 6.45) is 2.27. The zero-order chi connectivity index (χ0) is 10.7. The predicted molar refractivity (Wildman–Crippen MR) is 65.6 cm³/mol. The lowest BCUT2D eigenvalue weighted by Gasteiger charge is -2.12. The molecule has 1 aliphatic rings. The van der Waals surface area contributed by atoms with Crippen molar-refractivity contribution in [2.45, 2.75) is 26.7 Å². The summed E-state index contributed by atoms with van der Waals surface area (Å²) in [5, 5.41) is 1.32. The minimum atomic E-state index is 0. The smallest absolute Gasteiger partial charge is 0.195 e. The lowest BCUT2D eigenvalue weighted by Crippen LogP contribution is -2.06. The standard InChI is InChI=1S/C11H11NO.C2H6.H2/c1-2-6-10-8(4-1)9-5-3-7-13-11(9)12-10;1-2;/h1-2,4,6,12H,3,5,7H2;1-2H3;1H. The fraction of sp³-hybridized carbons (Fsp3) is 0.385. The zero-order valence-electron chi connectivity index (χ0n) is 9.34. The van der Waals surface area contributed by atoms with Crippen LogP contribution in [-0.2, 0) is 6.42 Å². The number of benzene rings is 1. The Balaban J connectivity index is 0.000000406. The number of aromatic nitrogens is 1. The lowest BCUT2D eigenvalue weighted by atomic mass is 10.1. The second-order valence-electron chi connectivity index (χ2n) is 3.43. The van der Waals surface area contributed by atoms with E-state index in [4.69, 9.17) is 4.74 Å². The van der Waals surface area contributed by atoms with Crippen molar-refractivity contribution in [2.24, 2.45) is 0 Å². The highest BCUT2D eigenvalue weighted by molar-refractivity contribution is 5.86.